The first-order chi connectivity index (χ1) is 14.1. The maximum Gasteiger partial charge on any atom is 0.274 e. The van der Waals surface area contributed by atoms with Crippen molar-refractivity contribution in [3.8, 4) is 0 Å². The molecule has 1 aromatic heterocycles. The molecule has 160 valence electrons. The molecule has 2 aliphatic rings. The summed E-state index contributed by atoms with van der Waals surface area (Å²) in [5.41, 5.74) is 5.83. The van der Waals surface area contributed by atoms with Crippen molar-refractivity contribution in [1.29, 1.82) is 0 Å². The van der Waals surface area contributed by atoms with Crippen LogP contribution in [0.1, 0.15) is 54.2 Å². The number of aromatic nitrogens is 2. The molecular formula is C21H24ClFN4O3. The molecule has 1 aromatic carbocycles. The van der Waals surface area contributed by atoms with Gasteiger partial charge >= 0.3 is 0 Å². The Balaban J connectivity index is 1.49. The van der Waals surface area contributed by atoms with Crippen molar-refractivity contribution >= 4 is 29.1 Å². The van der Waals surface area contributed by atoms with Crippen molar-refractivity contribution < 1.29 is 19.1 Å². The summed E-state index contributed by atoms with van der Waals surface area (Å²) in [7, 11) is 1.75. The standard InChI is InChI=1S/C21H24ClFN4O3/c1-27-10-25-18(19(27)20(29)26-14-2-3-16(23)15(22)6-14)11-4-12-7-21(30,9-17(24)28)8-13(12)5-11/h2-3,6,10-13,30H,4-5,7-9H2,1H3,(H2,24,28)(H,26,29). The monoisotopic (exact) mass is 434 g/mol. The number of benzene rings is 1. The summed E-state index contributed by atoms with van der Waals surface area (Å²) < 4.78 is 15.1. The minimum Gasteiger partial charge on any atom is -0.389 e. The molecule has 2 fully saturated rings. The Bertz CT molecular complexity index is 994. The fraction of sp³-hybridized carbons (Fsp3) is 0.476. The molecule has 0 radical (unpaired) electrons. The van der Waals surface area contributed by atoms with Crippen molar-refractivity contribution in [2.24, 2.45) is 24.6 Å². The summed E-state index contributed by atoms with van der Waals surface area (Å²) >= 11 is 5.80. The normalized spacial score (nSPS) is 27.8. The Morgan fingerprint density at radius 1 is 1.37 bits per heavy atom. The second-order valence-corrected chi connectivity index (χ2v) is 9.04. The lowest BCUT2D eigenvalue weighted by Crippen LogP contribution is -2.32. The predicted octanol–water partition coefficient (Wildman–Crippen LogP) is 2.98. The topological polar surface area (TPSA) is 110 Å². The lowest BCUT2D eigenvalue weighted by molar-refractivity contribution is -0.122. The third-order valence-electron chi connectivity index (χ3n) is 6.37. The zero-order valence-electron chi connectivity index (χ0n) is 16.6. The molecule has 30 heavy (non-hydrogen) atoms. The number of imidazole rings is 1. The number of aliphatic hydroxyl groups is 1. The highest BCUT2D eigenvalue weighted by atomic mass is 35.5. The average molecular weight is 435 g/mol. The van der Waals surface area contributed by atoms with E-state index < -0.39 is 17.3 Å². The fourth-order valence-corrected chi connectivity index (χ4v) is 5.43. The maximum atomic E-state index is 13.4. The Morgan fingerprint density at radius 2 is 2.03 bits per heavy atom. The van der Waals surface area contributed by atoms with Crippen LogP contribution in [-0.4, -0.2) is 32.1 Å². The van der Waals surface area contributed by atoms with Crippen LogP contribution in [0.25, 0.3) is 0 Å². The molecule has 2 saturated carbocycles. The number of nitrogens with zero attached hydrogens (tertiary/aromatic N) is 2. The van der Waals surface area contributed by atoms with Crippen LogP contribution < -0.4 is 11.1 Å². The van der Waals surface area contributed by atoms with E-state index in [4.69, 9.17) is 17.3 Å². The highest BCUT2D eigenvalue weighted by Gasteiger charge is 2.50. The van der Waals surface area contributed by atoms with E-state index in [1.54, 1.807) is 17.9 Å². The zero-order chi connectivity index (χ0) is 21.6. The third-order valence-corrected chi connectivity index (χ3v) is 6.66. The number of halogens is 2. The van der Waals surface area contributed by atoms with Crippen molar-refractivity contribution in [1.82, 2.24) is 9.55 Å². The summed E-state index contributed by atoms with van der Waals surface area (Å²) in [5, 5.41) is 13.4. The number of carbonyl (C=O) groups excluding carboxylic acids is 2. The first kappa shape index (κ1) is 20.8. The number of amides is 2. The van der Waals surface area contributed by atoms with Gasteiger partial charge in [0.2, 0.25) is 5.91 Å². The number of hydrogen-bond donors (Lipinski definition) is 3. The van der Waals surface area contributed by atoms with E-state index in [0.717, 1.165) is 18.5 Å². The molecule has 0 spiro atoms. The molecule has 0 saturated heterocycles. The number of rotatable bonds is 5. The second kappa shape index (κ2) is 7.67. The van der Waals surface area contributed by atoms with E-state index in [1.807, 2.05) is 0 Å². The molecule has 4 N–H and O–H groups in total. The van der Waals surface area contributed by atoms with Gasteiger partial charge in [-0.2, -0.15) is 0 Å². The van der Waals surface area contributed by atoms with Gasteiger partial charge in [-0.3, -0.25) is 9.59 Å². The third kappa shape index (κ3) is 3.94. The predicted molar refractivity (Wildman–Crippen MR) is 110 cm³/mol. The van der Waals surface area contributed by atoms with Gasteiger partial charge in [0.15, 0.2) is 0 Å². The van der Waals surface area contributed by atoms with Crippen LogP contribution >= 0.6 is 11.6 Å². The van der Waals surface area contributed by atoms with Gasteiger partial charge in [-0.25, -0.2) is 9.37 Å². The summed E-state index contributed by atoms with van der Waals surface area (Å²) in [6.45, 7) is 0. The Labute approximate surface area is 178 Å². The van der Waals surface area contributed by atoms with E-state index in [2.05, 4.69) is 10.3 Å². The number of nitrogens with two attached hydrogens (primary N) is 1. The van der Waals surface area contributed by atoms with Gasteiger partial charge in [-0.05, 0) is 55.7 Å². The molecule has 0 bridgehead atoms. The van der Waals surface area contributed by atoms with Gasteiger partial charge in [-0.15, -0.1) is 0 Å². The van der Waals surface area contributed by atoms with Gasteiger partial charge in [0.1, 0.15) is 11.5 Å². The average Bonchev–Trinajstić information content (AvgIpc) is 3.28. The molecule has 4 rings (SSSR count). The smallest absolute Gasteiger partial charge is 0.274 e. The van der Waals surface area contributed by atoms with Crippen LogP contribution in [0.15, 0.2) is 24.5 Å². The highest BCUT2D eigenvalue weighted by Crippen LogP contribution is 2.54. The van der Waals surface area contributed by atoms with Gasteiger partial charge in [0.05, 0.1) is 29.1 Å². The van der Waals surface area contributed by atoms with Crippen molar-refractivity contribution in [2.45, 2.75) is 43.6 Å². The van der Waals surface area contributed by atoms with Crippen LogP contribution in [0.2, 0.25) is 5.02 Å². The fourth-order valence-electron chi connectivity index (χ4n) is 5.25. The van der Waals surface area contributed by atoms with E-state index in [9.17, 15) is 19.1 Å². The van der Waals surface area contributed by atoms with Crippen LogP contribution in [0.4, 0.5) is 10.1 Å². The molecule has 0 aliphatic heterocycles. The summed E-state index contributed by atoms with van der Waals surface area (Å²) in [5.74, 6) is -0.739. The number of anilines is 1. The number of fused-ring (bicyclic) bond motifs is 1. The number of aryl methyl sites for hydroxylation is 1. The van der Waals surface area contributed by atoms with Crippen molar-refractivity contribution in [3.63, 3.8) is 0 Å². The Morgan fingerprint density at radius 3 is 2.63 bits per heavy atom. The quantitative estimate of drug-likeness (QED) is 0.671. The largest absolute Gasteiger partial charge is 0.389 e. The first-order valence-corrected chi connectivity index (χ1v) is 10.3. The van der Waals surface area contributed by atoms with Gasteiger partial charge in [0, 0.05) is 18.7 Å². The molecule has 1 heterocycles. The van der Waals surface area contributed by atoms with Gasteiger partial charge < -0.3 is 20.7 Å². The molecule has 2 amide bonds. The number of nitrogens with one attached hydrogen (secondary N) is 1. The lowest BCUT2D eigenvalue weighted by Gasteiger charge is -2.23. The molecular weight excluding hydrogens is 411 g/mol. The van der Waals surface area contributed by atoms with E-state index >= 15 is 0 Å². The zero-order valence-corrected chi connectivity index (χ0v) is 17.3. The molecule has 2 aliphatic carbocycles. The van der Waals surface area contributed by atoms with Crippen molar-refractivity contribution in [2.75, 3.05) is 5.32 Å². The minimum atomic E-state index is -1.02. The van der Waals surface area contributed by atoms with Crippen molar-refractivity contribution in [3.05, 3.63) is 46.8 Å². The van der Waals surface area contributed by atoms with Crippen LogP contribution in [0, 0.1) is 17.7 Å². The molecule has 2 unspecified atom stereocenters. The van der Waals surface area contributed by atoms with E-state index in [-0.39, 0.29) is 35.1 Å². The Hall–Kier alpha value is -2.45. The van der Waals surface area contributed by atoms with Gasteiger partial charge in [-0.1, -0.05) is 11.6 Å². The first-order valence-electron chi connectivity index (χ1n) is 9.93. The summed E-state index contributed by atoms with van der Waals surface area (Å²) in [6, 6.07) is 4.02. The molecule has 7 nitrogen and oxygen atoms in total. The van der Waals surface area contributed by atoms with Crippen LogP contribution in [-0.2, 0) is 11.8 Å². The SMILES string of the molecule is Cn1cnc(C2CC3CC(O)(CC(N)=O)CC3C2)c1C(=O)Nc1ccc(F)c(Cl)c1. The number of hydrogen-bond acceptors (Lipinski definition) is 4. The summed E-state index contributed by atoms with van der Waals surface area (Å²) in [6.07, 6.45) is 4.28. The molecule has 9 heteroatoms. The Kier molecular flexibility index (Phi) is 5.32. The lowest BCUT2D eigenvalue weighted by atomic mass is 9.90. The molecule has 2 aromatic rings. The maximum absolute atomic E-state index is 13.4. The second-order valence-electron chi connectivity index (χ2n) is 8.64. The number of carbonyl (C=O) groups is 2. The number of primary amides is 1. The van der Waals surface area contributed by atoms with E-state index in [0.29, 0.717) is 24.2 Å². The van der Waals surface area contributed by atoms with Gasteiger partial charge in [0.25, 0.3) is 5.91 Å². The van der Waals surface area contributed by atoms with Crippen LogP contribution in [0.5, 0.6) is 0 Å². The summed E-state index contributed by atoms with van der Waals surface area (Å²) in [4.78, 5) is 28.7. The van der Waals surface area contributed by atoms with E-state index in [1.165, 1.54) is 18.2 Å². The molecule has 2 atom stereocenters. The minimum absolute atomic E-state index is 0.0118. The highest BCUT2D eigenvalue weighted by molar-refractivity contribution is 6.31. The van der Waals surface area contributed by atoms with Crippen LogP contribution in [0.3, 0.4) is 0 Å².